The summed E-state index contributed by atoms with van der Waals surface area (Å²) in [4.78, 5) is 0. The van der Waals surface area contributed by atoms with E-state index in [1.54, 1.807) is 28.9 Å². The largest absolute Gasteiger partial charge is 0.231 e. The van der Waals surface area contributed by atoms with Gasteiger partial charge in [0.25, 0.3) is 0 Å². The molecule has 2 nitrogen and oxygen atoms in total. The van der Waals surface area contributed by atoms with Crippen LogP contribution in [0.4, 0.5) is 4.39 Å². The van der Waals surface area contributed by atoms with Crippen LogP contribution in [-0.2, 0) is 0 Å². The molecule has 0 aliphatic rings. The van der Waals surface area contributed by atoms with E-state index < -0.39 is 5.82 Å². The van der Waals surface area contributed by atoms with Gasteiger partial charge in [0.05, 0.1) is 11.4 Å². The van der Waals surface area contributed by atoms with Crippen molar-refractivity contribution in [3.8, 4) is 16.8 Å². The molecule has 1 aromatic heterocycles. The number of hydrogen-bond acceptors (Lipinski definition) is 1. The number of aryl methyl sites for hydroxylation is 1. The molecule has 0 amide bonds. The summed E-state index contributed by atoms with van der Waals surface area (Å²) in [7, 11) is 0. The number of rotatable bonds is 2. The topological polar surface area (TPSA) is 17.8 Å². The van der Waals surface area contributed by atoms with E-state index in [0.29, 0.717) is 26.9 Å². The van der Waals surface area contributed by atoms with Crippen molar-refractivity contribution < 1.29 is 4.39 Å². The highest BCUT2D eigenvalue weighted by molar-refractivity contribution is 6.30. The van der Waals surface area contributed by atoms with Crippen molar-refractivity contribution in [2.24, 2.45) is 0 Å². The highest BCUT2D eigenvalue weighted by atomic mass is 35.5. The van der Waals surface area contributed by atoms with Crippen LogP contribution in [0.1, 0.15) is 5.69 Å². The van der Waals surface area contributed by atoms with Gasteiger partial charge in [0.1, 0.15) is 12.0 Å². The van der Waals surface area contributed by atoms with Crippen LogP contribution in [-0.4, -0.2) is 9.78 Å². The smallest absolute Gasteiger partial charge is 0.132 e. The average molecular weight is 320 g/mol. The number of hydrogen-bond donors (Lipinski definition) is 0. The first-order valence-corrected chi connectivity index (χ1v) is 7.00. The van der Waals surface area contributed by atoms with Crippen molar-refractivity contribution in [2.75, 3.05) is 0 Å². The lowest BCUT2D eigenvalue weighted by Crippen LogP contribution is -1.94. The minimum atomic E-state index is -0.391. The summed E-state index contributed by atoms with van der Waals surface area (Å²) < 4.78 is 15.6. The molecule has 21 heavy (non-hydrogen) atoms. The van der Waals surface area contributed by atoms with Crippen LogP contribution in [0.2, 0.25) is 10.0 Å². The van der Waals surface area contributed by atoms with E-state index in [9.17, 15) is 4.39 Å². The molecule has 2 aromatic carbocycles. The quantitative estimate of drug-likeness (QED) is 0.643. The minimum Gasteiger partial charge on any atom is -0.231 e. The number of halogens is 3. The van der Waals surface area contributed by atoms with Crippen LogP contribution in [0, 0.1) is 18.9 Å². The molecule has 0 aliphatic heterocycles. The van der Waals surface area contributed by atoms with Crippen molar-refractivity contribution in [2.45, 2.75) is 6.92 Å². The highest BCUT2D eigenvalue weighted by Crippen LogP contribution is 2.28. The zero-order valence-corrected chi connectivity index (χ0v) is 12.6. The van der Waals surface area contributed by atoms with E-state index >= 15 is 0 Å². The van der Waals surface area contributed by atoms with Gasteiger partial charge in [0, 0.05) is 21.2 Å². The summed E-state index contributed by atoms with van der Waals surface area (Å²) in [5.74, 6) is -0.391. The van der Waals surface area contributed by atoms with Crippen molar-refractivity contribution in [1.29, 1.82) is 0 Å². The molecule has 0 saturated heterocycles. The minimum absolute atomic E-state index is 0.360. The highest BCUT2D eigenvalue weighted by Gasteiger charge is 2.13. The Bertz CT molecular complexity index is 795. The summed E-state index contributed by atoms with van der Waals surface area (Å²) in [5.41, 5.74) is 2.53. The molecular weight excluding hydrogens is 310 g/mol. The average Bonchev–Trinajstić information content (AvgIpc) is 2.81. The lowest BCUT2D eigenvalue weighted by atomic mass is 10.1. The molecule has 0 N–H and O–H groups in total. The van der Waals surface area contributed by atoms with Crippen LogP contribution in [0.3, 0.4) is 0 Å². The van der Waals surface area contributed by atoms with Crippen LogP contribution < -0.4 is 0 Å². The van der Waals surface area contributed by atoms with Gasteiger partial charge in [-0.25, -0.2) is 9.07 Å². The zero-order chi connectivity index (χ0) is 15.0. The van der Waals surface area contributed by atoms with Gasteiger partial charge < -0.3 is 0 Å². The molecule has 3 rings (SSSR count). The van der Waals surface area contributed by atoms with Gasteiger partial charge in [-0.15, -0.1) is 0 Å². The molecule has 0 aliphatic carbocycles. The van der Waals surface area contributed by atoms with E-state index in [4.69, 9.17) is 23.2 Å². The Labute approximate surface area is 131 Å². The molecule has 0 fully saturated rings. The van der Waals surface area contributed by atoms with Crippen LogP contribution >= 0.6 is 23.2 Å². The monoisotopic (exact) mass is 319 g/mol. The molecule has 0 spiro atoms. The molecule has 5 heteroatoms. The Hall–Kier alpha value is -1.84. The standard InChI is InChI=1S/C16H10Cl2FN2/c1-10-15(14-7-4-12(18)8-16(14)19)9-21(20-10)13-5-2-11(17)3-6-13/h2-8H,1H3. The predicted molar refractivity (Wildman–Crippen MR) is 82.6 cm³/mol. The summed E-state index contributed by atoms with van der Waals surface area (Å²) in [5, 5.41) is 5.37. The third-order valence-corrected chi connectivity index (χ3v) is 3.59. The van der Waals surface area contributed by atoms with Crippen molar-refractivity contribution in [1.82, 2.24) is 9.78 Å². The Morgan fingerprint density at radius 1 is 1.05 bits per heavy atom. The fourth-order valence-corrected chi connectivity index (χ4v) is 2.35. The van der Waals surface area contributed by atoms with Gasteiger partial charge >= 0.3 is 0 Å². The molecule has 0 saturated carbocycles. The third kappa shape index (κ3) is 2.80. The second-order valence-electron chi connectivity index (χ2n) is 4.58. The molecule has 0 bridgehead atoms. The lowest BCUT2D eigenvalue weighted by molar-refractivity contribution is 0.631. The molecule has 105 valence electrons. The summed E-state index contributed by atoms with van der Waals surface area (Å²) in [6.45, 7) is 1.81. The molecule has 3 aromatic rings. The summed E-state index contributed by atoms with van der Waals surface area (Å²) in [6, 6.07) is 11.7. The normalized spacial score (nSPS) is 10.9. The first-order chi connectivity index (χ1) is 10.0. The first kappa shape index (κ1) is 14.1. The fourth-order valence-electron chi connectivity index (χ4n) is 2.06. The van der Waals surface area contributed by atoms with Crippen molar-refractivity contribution >= 4 is 23.2 Å². The number of nitrogens with zero attached hydrogens (tertiary/aromatic N) is 2. The molecule has 1 radical (unpaired) electrons. The number of aromatic nitrogens is 2. The second-order valence-corrected chi connectivity index (χ2v) is 5.46. The van der Waals surface area contributed by atoms with Crippen LogP contribution in [0.15, 0.2) is 42.5 Å². The van der Waals surface area contributed by atoms with E-state index in [1.165, 1.54) is 6.07 Å². The number of benzene rings is 2. The summed E-state index contributed by atoms with van der Waals surface area (Å²) in [6.07, 6.45) is 3.07. The Morgan fingerprint density at radius 3 is 2.38 bits per heavy atom. The maximum atomic E-state index is 14.0. The van der Waals surface area contributed by atoms with Gasteiger partial charge in [0.15, 0.2) is 0 Å². The van der Waals surface area contributed by atoms with Crippen molar-refractivity contribution in [3.63, 3.8) is 0 Å². The van der Waals surface area contributed by atoms with Crippen LogP contribution in [0.5, 0.6) is 0 Å². The van der Waals surface area contributed by atoms with Crippen LogP contribution in [0.25, 0.3) is 16.8 Å². The first-order valence-electron chi connectivity index (χ1n) is 6.25. The maximum absolute atomic E-state index is 14.0. The van der Waals surface area contributed by atoms with Gasteiger partial charge in [-0.1, -0.05) is 23.2 Å². The van der Waals surface area contributed by atoms with Gasteiger partial charge in [-0.2, -0.15) is 5.10 Å². The van der Waals surface area contributed by atoms with Gasteiger partial charge in [-0.3, -0.25) is 0 Å². The maximum Gasteiger partial charge on any atom is 0.132 e. The molecule has 1 heterocycles. The van der Waals surface area contributed by atoms with E-state index in [-0.39, 0.29) is 0 Å². The molecule has 0 atom stereocenters. The van der Waals surface area contributed by atoms with E-state index in [2.05, 4.69) is 11.3 Å². The second kappa shape index (κ2) is 5.51. The SMILES string of the molecule is Cc1nn(-c2ccc(Cl)cc2)[c]c1-c1ccc(Cl)cc1F. The van der Waals surface area contributed by atoms with E-state index in [0.717, 1.165) is 5.69 Å². The molecular formula is C16H10Cl2FN2. The van der Waals surface area contributed by atoms with Crippen molar-refractivity contribution in [3.05, 3.63) is 70.2 Å². The Morgan fingerprint density at radius 2 is 1.71 bits per heavy atom. The summed E-state index contributed by atoms with van der Waals surface area (Å²) >= 11 is 11.6. The predicted octanol–water partition coefficient (Wildman–Crippen LogP) is 5.09. The Balaban J connectivity index is 2.07. The van der Waals surface area contributed by atoms with Gasteiger partial charge in [-0.05, 0) is 49.4 Å². The molecule has 0 unspecified atom stereocenters. The zero-order valence-electron chi connectivity index (χ0n) is 11.1. The Kier molecular flexibility index (Phi) is 3.70. The van der Waals surface area contributed by atoms with Gasteiger partial charge in [0.2, 0.25) is 0 Å². The third-order valence-electron chi connectivity index (χ3n) is 3.10. The lowest BCUT2D eigenvalue weighted by Gasteiger charge is -2.01. The fraction of sp³-hybridized carbons (Fsp3) is 0.0625. The van der Waals surface area contributed by atoms with E-state index in [1.807, 2.05) is 19.1 Å².